The Hall–Kier alpha value is -1.96. The molecule has 10 heteroatoms. The predicted molar refractivity (Wildman–Crippen MR) is 103 cm³/mol. The highest BCUT2D eigenvalue weighted by atomic mass is 31.2. The van der Waals surface area contributed by atoms with E-state index in [0.29, 0.717) is 5.56 Å². The lowest BCUT2D eigenvalue weighted by Gasteiger charge is -2.31. The summed E-state index contributed by atoms with van der Waals surface area (Å²) in [5.41, 5.74) is -0.471. The van der Waals surface area contributed by atoms with Crippen molar-refractivity contribution in [3.05, 3.63) is 46.8 Å². The van der Waals surface area contributed by atoms with E-state index in [1.807, 2.05) is 0 Å². The van der Waals surface area contributed by atoms with E-state index in [2.05, 4.69) is 0 Å². The van der Waals surface area contributed by atoms with Crippen LogP contribution < -0.4 is 0 Å². The van der Waals surface area contributed by atoms with Crippen LogP contribution in [0.3, 0.4) is 0 Å². The second-order valence-corrected chi connectivity index (χ2v) is 8.47. The first-order chi connectivity index (χ1) is 14.1. The molecule has 2 atom stereocenters. The number of ether oxygens (including phenoxy) is 1. The molecule has 0 amide bonds. The summed E-state index contributed by atoms with van der Waals surface area (Å²) < 4.78 is 67.2. The maximum absolute atomic E-state index is 13.2. The number of esters is 1. The van der Waals surface area contributed by atoms with Crippen molar-refractivity contribution in [3.8, 4) is 0 Å². The van der Waals surface area contributed by atoms with Gasteiger partial charge in [0.1, 0.15) is 11.2 Å². The lowest BCUT2D eigenvalue weighted by Crippen LogP contribution is -2.35. The molecular weight excluding hydrogens is 424 g/mol. The first-order valence-corrected chi connectivity index (χ1v) is 11.1. The molecule has 0 aliphatic heterocycles. The Morgan fingerprint density at radius 3 is 2.10 bits per heavy atom. The summed E-state index contributed by atoms with van der Waals surface area (Å²) in [7, 11) is -3.94. The van der Waals surface area contributed by atoms with Crippen molar-refractivity contribution >= 4 is 19.3 Å². The molecule has 0 N–H and O–H groups in total. The maximum atomic E-state index is 13.2. The van der Waals surface area contributed by atoms with Crippen LogP contribution in [0.4, 0.5) is 13.2 Å². The minimum Gasteiger partial charge on any atom is -0.465 e. The van der Waals surface area contributed by atoms with E-state index in [9.17, 15) is 27.3 Å². The Balaban J connectivity index is 2.48. The van der Waals surface area contributed by atoms with Gasteiger partial charge in [0.05, 0.1) is 25.4 Å². The highest BCUT2D eigenvalue weighted by Gasteiger charge is 2.47. The minimum absolute atomic E-state index is 0.00989. The number of carbonyl (C=O) groups excluding carboxylic acids is 2. The summed E-state index contributed by atoms with van der Waals surface area (Å²) in [6.07, 6.45) is -3.04. The van der Waals surface area contributed by atoms with E-state index in [4.69, 9.17) is 13.8 Å². The fourth-order valence-electron chi connectivity index (χ4n) is 3.33. The van der Waals surface area contributed by atoms with Crippen LogP contribution in [0.5, 0.6) is 0 Å². The zero-order chi connectivity index (χ0) is 22.5. The van der Waals surface area contributed by atoms with Crippen molar-refractivity contribution in [1.29, 1.82) is 0 Å². The second kappa shape index (κ2) is 9.90. The second-order valence-electron chi connectivity index (χ2n) is 6.48. The molecule has 0 bridgehead atoms. The lowest BCUT2D eigenvalue weighted by molar-refractivity contribution is -0.152. The predicted octanol–water partition coefficient (Wildman–Crippen LogP) is 5.09. The van der Waals surface area contributed by atoms with Gasteiger partial charge in [0.2, 0.25) is 0 Å². The largest absolute Gasteiger partial charge is 0.465 e. The topological polar surface area (TPSA) is 78.9 Å². The third-order valence-electron chi connectivity index (χ3n) is 4.60. The molecule has 166 valence electrons. The molecule has 0 fully saturated rings. The van der Waals surface area contributed by atoms with Crippen LogP contribution in [0.25, 0.3) is 0 Å². The van der Waals surface area contributed by atoms with Gasteiger partial charge >= 0.3 is 19.7 Å². The molecule has 1 aliphatic carbocycles. The first-order valence-electron chi connectivity index (χ1n) is 9.56. The molecule has 0 spiro atoms. The fraction of sp³-hybridized carbons (Fsp3) is 0.500. The Kier molecular flexibility index (Phi) is 8.02. The van der Waals surface area contributed by atoms with Crippen molar-refractivity contribution in [1.82, 2.24) is 0 Å². The molecule has 30 heavy (non-hydrogen) atoms. The Bertz CT molecular complexity index is 837. The molecule has 0 saturated carbocycles. The first kappa shape index (κ1) is 24.3. The summed E-state index contributed by atoms with van der Waals surface area (Å²) in [4.78, 5) is 25.8. The molecule has 6 nitrogen and oxygen atoms in total. The van der Waals surface area contributed by atoms with E-state index in [0.717, 1.165) is 12.1 Å². The van der Waals surface area contributed by atoms with E-state index in [1.165, 1.54) is 18.2 Å². The Morgan fingerprint density at radius 1 is 1.07 bits per heavy atom. The van der Waals surface area contributed by atoms with Crippen LogP contribution in [0, 0.1) is 5.92 Å². The van der Waals surface area contributed by atoms with Crippen LogP contribution in [0.2, 0.25) is 0 Å². The molecule has 2 rings (SSSR count). The zero-order valence-electron chi connectivity index (χ0n) is 16.9. The van der Waals surface area contributed by atoms with Crippen molar-refractivity contribution in [2.45, 2.75) is 39.3 Å². The SMILES string of the molecule is CCOC(=O)[C@@H]1C(=O)C(P(=O)(OCC)OCC)=CC[C@H]1c1ccc(C(F)(F)F)cc1. The van der Waals surface area contributed by atoms with Gasteiger partial charge in [-0.2, -0.15) is 13.2 Å². The summed E-state index contributed by atoms with van der Waals surface area (Å²) in [5.74, 6) is -3.73. The average Bonchev–Trinajstić information content (AvgIpc) is 2.67. The van der Waals surface area contributed by atoms with Crippen LogP contribution in [0.15, 0.2) is 35.7 Å². The highest BCUT2D eigenvalue weighted by Crippen LogP contribution is 2.59. The summed E-state index contributed by atoms with van der Waals surface area (Å²) in [6, 6.07) is 4.26. The Morgan fingerprint density at radius 2 is 1.63 bits per heavy atom. The van der Waals surface area contributed by atoms with Gasteiger partial charge in [-0.15, -0.1) is 0 Å². The Labute approximate surface area is 172 Å². The van der Waals surface area contributed by atoms with Gasteiger partial charge in [-0.05, 0) is 44.9 Å². The number of hydrogen-bond acceptors (Lipinski definition) is 6. The van der Waals surface area contributed by atoms with Crippen molar-refractivity contribution in [2.24, 2.45) is 5.92 Å². The maximum Gasteiger partial charge on any atom is 0.416 e. The molecule has 1 aliphatic rings. The summed E-state index contributed by atoms with van der Waals surface area (Å²) in [5, 5.41) is -0.229. The number of halogens is 3. The number of ketones is 1. The van der Waals surface area contributed by atoms with Gasteiger partial charge in [0, 0.05) is 5.92 Å². The van der Waals surface area contributed by atoms with Crippen molar-refractivity contribution < 1.29 is 41.1 Å². The highest BCUT2D eigenvalue weighted by molar-refractivity contribution is 7.60. The smallest absolute Gasteiger partial charge is 0.416 e. The number of allylic oxidation sites excluding steroid dienone is 2. The van der Waals surface area contributed by atoms with Gasteiger partial charge in [-0.3, -0.25) is 14.2 Å². The fourth-order valence-corrected chi connectivity index (χ4v) is 5.10. The molecular formula is C20H24F3O6P. The molecule has 0 radical (unpaired) electrons. The van der Waals surface area contributed by atoms with E-state index < -0.39 is 42.9 Å². The number of Topliss-reactive ketones (excluding diaryl/α,β-unsaturated/α-hetero) is 1. The van der Waals surface area contributed by atoms with Crippen molar-refractivity contribution in [3.63, 3.8) is 0 Å². The number of carbonyl (C=O) groups is 2. The van der Waals surface area contributed by atoms with Crippen LogP contribution in [0.1, 0.15) is 44.2 Å². The molecule has 0 heterocycles. The van der Waals surface area contributed by atoms with Crippen molar-refractivity contribution in [2.75, 3.05) is 19.8 Å². The van der Waals surface area contributed by atoms with Crippen LogP contribution in [-0.2, 0) is 34.1 Å². The number of hydrogen-bond donors (Lipinski definition) is 0. The summed E-state index contributed by atoms with van der Waals surface area (Å²) >= 11 is 0. The standard InChI is InChI=1S/C20H24F3O6P/c1-4-27-19(25)17-15(13-7-9-14(10-8-13)20(21,22)23)11-12-16(18(17)24)30(26,28-5-2)29-6-3/h7-10,12,15,17H,4-6,11H2,1-3H3/t15-,17-/m0/s1. The average molecular weight is 448 g/mol. The summed E-state index contributed by atoms with van der Waals surface area (Å²) in [6.45, 7) is 4.81. The monoisotopic (exact) mass is 448 g/mol. The van der Waals surface area contributed by atoms with Gasteiger partial charge in [0.25, 0.3) is 0 Å². The minimum atomic E-state index is -4.50. The quantitative estimate of drug-likeness (QED) is 0.313. The number of alkyl halides is 3. The third kappa shape index (κ3) is 5.20. The van der Waals surface area contributed by atoms with E-state index >= 15 is 0 Å². The molecule has 0 unspecified atom stereocenters. The number of rotatable bonds is 8. The van der Waals surface area contributed by atoms with Crippen LogP contribution >= 0.6 is 7.60 Å². The zero-order valence-corrected chi connectivity index (χ0v) is 17.8. The van der Waals surface area contributed by atoms with Gasteiger partial charge in [-0.25, -0.2) is 0 Å². The normalized spacial score (nSPS) is 20.1. The molecule has 0 saturated heterocycles. The van der Waals surface area contributed by atoms with E-state index in [-0.39, 0.29) is 31.6 Å². The van der Waals surface area contributed by atoms with Gasteiger partial charge in [0.15, 0.2) is 5.78 Å². The lowest BCUT2D eigenvalue weighted by atomic mass is 9.77. The van der Waals surface area contributed by atoms with Crippen LogP contribution in [-0.4, -0.2) is 31.6 Å². The molecule has 1 aromatic rings. The van der Waals surface area contributed by atoms with Gasteiger partial charge < -0.3 is 13.8 Å². The molecule has 0 aromatic heterocycles. The third-order valence-corrected chi connectivity index (χ3v) is 6.79. The molecule has 1 aromatic carbocycles. The number of benzene rings is 1. The van der Waals surface area contributed by atoms with E-state index in [1.54, 1.807) is 20.8 Å². The van der Waals surface area contributed by atoms with Gasteiger partial charge in [-0.1, -0.05) is 18.2 Å².